The van der Waals surface area contributed by atoms with E-state index in [1.165, 1.54) is 5.56 Å². The van der Waals surface area contributed by atoms with Gasteiger partial charge in [0.15, 0.2) is 5.76 Å². The molecule has 0 atom stereocenters. The number of nitrogens with zero attached hydrogens (tertiary/aromatic N) is 1. The van der Waals surface area contributed by atoms with E-state index in [9.17, 15) is 5.11 Å². The Morgan fingerprint density at radius 2 is 1.76 bits per heavy atom. The monoisotopic (exact) mass is 449 g/mol. The van der Waals surface area contributed by atoms with Gasteiger partial charge in [-0.3, -0.25) is 0 Å². The maximum atomic E-state index is 10.6. The van der Waals surface area contributed by atoms with Crippen molar-refractivity contribution in [2.24, 2.45) is 0 Å². The van der Waals surface area contributed by atoms with Crippen LogP contribution in [0.4, 0.5) is 0 Å². The molecular weight excluding hydrogens is 430 g/mol. The molecule has 4 aromatic rings. The number of hydrogen-bond acceptors (Lipinski definition) is 4. The van der Waals surface area contributed by atoms with Crippen molar-refractivity contribution < 1.29 is 14.4 Å². The van der Waals surface area contributed by atoms with E-state index in [0.717, 1.165) is 26.9 Å². The molecular formula is C24H20BrNO3. The molecule has 3 aromatic carbocycles. The quantitative estimate of drug-likeness (QED) is 0.369. The summed E-state index contributed by atoms with van der Waals surface area (Å²) in [5.41, 5.74) is 5.46. The third kappa shape index (κ3) is 4.05. The van der Waals surface area contributed by atoms with Gasteiger partial charge in [-0.2, -0.15) is 0 Å². The standard InChI is InChI=1S/C24H20BrNO3/c1-15-5-3-4-6-18(15)14-28-20-11-12-21(22(27)13-20)24-23(16(2)26-29-24)17-7-9-19(25)10-8-17/h3-13,27H,14H2,1-2H3. The van der Waals surface area contributed by atoms with Gasteiger partial charge < -0.3 is 14.4 Å². The second-order valence-electron chi connectivity index (χ2n) is 6.87. The van der Waals surface area contributed by atoms with Crippen LogP contribution in [-0.2, 0) is 6.61 Å². The van der Waals surface area contributed by atoms with Crippen molar-refractivity contribution >= 4 is 15.9 Å². The number of rotatable bonds is 5. The number of phenols is 1. The van der Waals surface area contributed by atoms with Gasteiger partial charge in [-0.25, -0.2) is 0 Å². The highest BCUT2D eigenvalue weighted by Gasteiger charge is 2.20. The van der Waals surface area contributed by atoms with Gasteiger partial charge in [0.2, 0.25) is 0 Å². The van der Waals surface area contributed by atoms with Crippen molar-refractivity contribution in [3.63, 3.8) is 0 Å². The van der Waals surface area contributed by atoms with Gasteiger partial charge >= 0.3 is 0 Å². The SMILES string of the molecule is Cc1ccccc1COc1ccc(-c2onc(C)c2-c2ccc(Br)cc2)c(O)c1. The van der Waals surface area contributed by atoms with Crippen LogP contribution < -0.4 is 4.74 Å². The number of ether oxygens (including phenoxy) is 1. The number of halogens is 1. The van der Waals surface area contributed by atoms with E-state index in [2.05, 4.69) is 34.1 Å². The topological polar surface area (TPSA) is 55.5 Å². The Morgan fingerprint density at radius 1 is 1.00 bits per heavy atom. The number of benzene rings is 3. The van der Waals surface area contributed by atoms with Crippen LogP contribution in [0.5, 0.6) is 11.5 Å². The van der Waals surface area contributed by atoms with Crippen LogP contribution in [-0.4, -0.2) is 10.3 Å². The third-order valence-electron chi connectivity index (χ3n) is 4.87. The van der Waals surface area contributed by atoms with E-state index < -0.39 is 0 Å². The van der Waals surface area contributed by atoms with Crippen LogP contribution in [0.3, 0.4) is 0 Å². The van der Waals surface area contributed by atoms with Gasteiger partial charge in [0.1, 0.15) is 18.1 Å². The second-order valence-corrected chi connectivity index (χ2v) is 7.79. The Bertz CT molecular complexity index is 1150. The van der Waals surface area contributed by atoms with Gasteiger partial charge in [-0.05, 0) is 54.8 Å². The van der Waals surface area contributed by atoms with Crippen molar-refractivity contribution in [2.45, 2.75) is 20.5 Å². The molecule has 0 aliphatic carbocycles. The maximum absolute atomic E-state index is 10.6. The van der Waals surface area contributed by atoms with E-state index in [0.29, 0.717) is 23.7 Å². The van der Waals surface area contributed by atoms with E-state index in [4.69, 9.17) is 9.26 Å². The summed E-state index contributed by atoms with van der Waals surface area (Å²) in [5, 5.41) is 14.8. The Balaban J connectivity index is 1.62. The molecule has 5 heteroatoms. The fourth-order valence-electron chi connectivity index (χ4n) is 3.24. The average Bonchev–Trinajstić information content (AvgIpc) is 3.09. The fourth-order valence-corrected chi connectivity index (χ4v) is 3.50. The Labute approximate surface area is 177 Å². The van der Waals surface area contributed by atoms with Crippen LogP contribution in [0.2, 0.25) is 0 Å². The molecule has 29 heavy (non-hydrogen) atoms. The van der Waals surface area contributed by atoms with Crippen molar-refractivity contribution in [1.29, 1.82) is 0 Å². The first-order valence-corrected chi connectivity index (χ1v) is 10.0. The van der Waals surface area contributed by atoms with Crippen molar-refractivity contribution in [2.75, 3.05) is 0 Å². The maximum Gasteiger partial charge on any atom is 0.178 e. The first kappa shape index (κ1) is 19.3. The Morgan fingerprint density at radius 3 is 2.48 bits per heavy atom. The molecule has 1 N–H and O–H groups in total. The molecule has 0 unspecified atom stereocenters. The molecule has 0 bridgehead atoms. The van der Waals surface area contributed by atoms with Gasteiger partial charge in [-0.1, -0.05) is 57.5 Å². The number of aryl methyl sites for hydroxylation is 2. The number of aromatic nitrogens is 1. The summed E-state index contributed by atoms with van der Waals surface area (Å²) in [7, 11) is 0. The normalized spacial score (nSPS) is 10.9. The minimum atomic E-state index is 0.0850. The lowest BCUT2D eigenvalue weighted by molar-refractivity contribution is 0.303. The van der Waals surface area contributed by atoms with Crippen LogP contribution in [0.15, 0.2) is 75.7 Å². The summed E-state index contributed by atoms with van der Waals surface area (Å²) in [6.07, 6.45) is 0. The number of hydrogen-bond donors (Lipinski definition) is 1. The predicted octanol–water partition coefficient (Wildman–Crippen LogP) is 6.67. The van der Waals surface area contributed by atoms with Crippen LogP contribution in [0, 0.1) is 13.8 Å². The molecule has 0 spiro atoms. The summed E-state index contributed by atoms with van der Waals surface area (Å²) in [6, 6.07) is 21.2. The van der Waals surface area contributed by atoms with Crippen LogP contribution >= 0.6 is 15.9 Å². The number of phenolic OH excluding ortho intramolecular Hbond substituents is 1. The van der Waals surface area contributed by atoms with Crippen molar-refractivity contribution in [1.82, 2.24) is 5.16 Å². The molecule has 4 rings (SSSR count). The zero-order valence-electron chi connectivity index (χ0n) is 16.1. The minimum absolute atomic E-state index is 0.0850. The molecule has 0 saturated heterocycles. The summed E-state index contributed by atoms with van der Waals surface area (Å²) in [5.74, 6) is 1.21. The van der Waals surface area contributed by atoms with Crippen LogP contribution in [0.25, 0.3) is 22.5 Å². The molecule has 1 heterocycles. The summed E-state index contributed by atoms with van der Waals surface area (Å²) in [4.78, 5) is 0. The highest BCUT2D eigenvalue weighted by Crippen LogP contribution is 2.40. The van der Waals surface area contributed by atoms with E-state index >= 15 is 0 Å². The van der Waals surface area contributed by atoms with E-state index in [-0.39, 0.29) is 5.75 Å². The van der Waals surface area contributed by atoms with E-state index in [1.54, 1.807) is 12.1 Å². The molecule has 0 aliphatic rings. The lowest BCUT2D eigenvalue weighted by Crippen LogP contribution is -1.97. The molecule has 0 saturated carbocycles. The molecule has 1 aromatic heterocycles. The lowest BCUT2D eigenvalue weighted by atomic mass is 9.99. The molecule has 146 valence electrons. The third-order valence-corrected chi connectivity index (χ3v) is 5.39. The van der Waals surface area contributed by atoms with Gasteiger partial charge in [0.25, 0.3) is 0 Å². The molecule has 0 radical (unpaired) electrons. The smallest absolute Gasteiger partial charge is 0.178 e. The molecule has 0 amide bonds. The molecule has 0 fully saturated rings. The second kappa shape index (κ2) is 8.13. The number of aromatic hydroxyl groups is 1. The van der Waals surface area contributed by atoms with Gasteiger partial charge in [0.05, 0.1) is 16.8 Å². The first-order valence-electron chi connectivity index (χ1n) is 9.26. The lowest BCUT2D eigenvalue weighted by Gasteiger charge is -2.11. The Kier molecular flexibility index (Phi) is 5.41. The fraction of sp³-hybridized carbons (Fsp3) is 0.125. The van der Waals surface area contributed by atoms with Gasteiger partial charge in [-0.15, -0.1) is 0 Å². The highest BCUT2D eigenvalue weighted by molar-refractivity contribution is 9.10. The summed E-state index contributed by atoms with van der Waals surface area (Å²) >= 11 is 3.45. The Hall–Kier alpha value is -3.05. The summed E-state index contributed by atoms with van der Waals surface area (Å²) in [6.45, 7) is 4.38. The molecule has 0 aliphatic heterocycles. The zero-order chi connectivity index (χ0) is 20.4. The summed E-state index contributed by atoms with van der Waals surface area (Å²) < 4.78 is 12.4. The minimum Gasteiger partial charge on any atom is -0.507 e. The van der Waals surface area contributed by atoms with Crippen LogP contribution in [0.1, 0.15) is 16.8 Å². The molecule has 4 nitrogen and oxygen atoms in total. The predicted molar refractivity (Wildman–Crippen MR) is 117 cm³/mol. The van der Waals surface area contributed by atoms with Crippen molar-refractivity contribution in [3.8, 4) is 33.9 Å². The highest BCUT2D eigenvalue weighted by atomic mass is 79.9. The first-order chi connectivity index (χ1) is 14.0. The average molecular weight is 450 g/mol. The van der Waals surface area contributed by atoms with E-state index in [1.807, 2.05) is 55.5 Å². The van der Waals surface area contributed by atoms with Crippen molar-refractivity contribution in [3.05, 3.63) is 88.0 Å². The zero-order valence-corrected chi connectivity index (χ0v) is 17.7. The largest absolute Gasteiger partial charge is 0.507 e. The van der Waals surface area contributed by atoms with Gasteiger partial charge in [0, 0.05) is 10.5 Å².